The maximum atomic E-state index is 11.4. The van der Waals surface area contributed by atoms with Crippen LogP contribution in [-0.4, -0.2) is 27.2 Å². The van der Waals surface area contributed by atoms with Crippen molar-refractivity contribution < 1.29 is 14.6 Å². The van der Waals surface area contributed by atoms with Crippen molar-refractivity contribution in [2.24, 2.45) is 0 Å². The zero-order valence-corrected chi connectivity index (χ0v) is 16.3. The van der Waals surface area contributed by atoms with E-state index in [2.05, 4.69) is 33.1 Å². The Morgan fingerprint density at radius 1 is 1.13 bits per heavy atom. The normalized spacial score (nSPS) is 13.2. The Balaban J connectivity index is 1.53. The molecule has 0 radical (unpaired) electrons. The molecule has 0 unspecified atom stereocenters. The van der Waals surface area contributed by atoms with Gasteiger partial charge in [-0.3, -0.25) is 4.98 Å². The molecule has 0 saturated heterocycles. The zero-order valence-electron chi connectivity index (χ0n) is 16.3. The fourth-order valence-corrected chi connectivity index (χ4v) is 3.96. The average Bonchev–Trinajstić information content (AvgIpc) is 3.11. The number of hydrogen-bond donors (Lipinski definition) is 2. The van der Waals surface area contributed by atoms with E-state index < -0.39 is 5.97 Å². The van der Waals surface area contributed by atoms with Gasteiger partial charge in [-0.05, 0) is 54.1 Å². The number of rotatable bonds is 4. The summed E-state index contributed by atoms with van der Waals surface area (Å²) in [6.45, 7) is 2.75. The first-order valence-electron chi connectivity index (χ1n) is 9.92. The zero-order chi connectivity index (χ0) is 20.5. The number of ether oxygens (including phenoxy) is 1. The molecule has 1 aliphatic rings. The van der Waals surface area contributed by atoms with Crippen molar-refractivity contribution in [2.75, 3.05) is 6.54 Å². The molecular weight excluding hydrogens is 378 g/mol. The number of aromatic nitrogens is 2. The van der Waals surface area contributed by atoms with E-state index in [9.17, 15) is 9.90 Å². The third-order valence-electron chi connectivity index (χ3n) is 5.44. The van der Waals surface area contributed by atoms with Crippen LogP contribution in [0.1, 0.15) is 21.6 Å². The molecule has 0 atom stereocenters. The largest absolute Gasteiger partial charge is 0.487 e. The van der Waals surface area contributed by atoms with Gasteiger partial charge in [0.25, 0.3) is 0 Å². The van der Waals surface area contributed by atoms with E-state index in [4.69, 9.17) is 4.74 Å². The lowest BCUT2D eigenvalue weighted by Crippen LogP contribution is -2.22. The summed E-state index contributed by atoms with van der Waals surface area (Å²) >= 11 is 0. The van der Waals surface area contributed by atoms with Crippen molar-refractivity contribution in [3.63, 3.8) is 0 Å². The summed E-state index contributed by atoms with van der Waals surface area (Å²) in [4.78, 5) is 15.7. The summed E-state index contributed by atoms with van der Waals surface area (Å²) in [5.74, 6) is -0.107. The van der Waals surface area contributed by atoms with Gasteiger partial charge in [0.05, 0.1) is 11.3 Å². The van der Waals surface area contributed by atoms with Gasteiger partial charge in [-0.15, -0.1) is 0 Å². The van der Waals surface area contributed by atoms with Crippen LogP contribution in [0.4, 0.5) is 0 Å². The van der Waals surface area contributed by atoms with Crippen LogP contribution in [0.2, 0.25) is 0 Å². The molecule has 0 fully saturated rings. The number of carboxylic acid groups (broad SMARTS) is 1. The summed E-state index contributed by atoms with van der Waals surface area (Å²) in [6, 6.07) is 19.4. The lowest BCUT2D eigenvalue weighted by molar-refractivity contribution is 0.0697. The van der Waals surface area contributed by atoms with Crippen molar-refractivity contribution in [2.45, 2.75) is 19.7 Å². The Kier molecular flexibility index (Phi) is 4.69. The monoisotopic (exact) mass is 399 g/mol. The molecule has 6 nitrogen and oxygen atoms in total. The minimum absolute atomic E-state index is 0.303. The maximum Gasteiger partial charge on any atom is 0.335 e. The second kappa shape index (κ2) is 7.65. The fraction of sp³-hybridized carbons (Fsp3) is 0.167. The van der Waals surface area contributed by atoms with Crippen LogP contribution in [-0.2, 0) is 19.7 Å². The highest BCUT2D eigenvalue weighted by molar-refractivity contribution is 5.95. The highest BCUT2D eigenvalue weighted by Crippen LogP contribution is 2.34. The topological polar surface area (TPSA) is 76.4 Å². The lowest BCUT2D eigenvalue weighted by Gasteiger charge is -2.19. The molecule has 6 heteroatoms. The quantitative estimate of drug-likeness (QED) is 0.541. The van der Waals surface area contributed by atoms with Crippen LogP contribution in [0.15, 0.2) is 66.9 Å². The molecule has 2 aromatic carbocycles. The minimum atomic E-state index is -0.911. The maximum absolute atomic E-state index is 11.4. The van der Waals surface area contributed by atoms with Gasteiger partial charge in [0.15, 0.2) is 0 Å². The molecule has 2 N–H and O–H groups in total. The molecule has 0 amide bonds. The summed E-state index contributed by atoms with van der Waals surface area (Å²) in [6.07, 6.45) is 1.76. The van der Waals surface area contributed by atoms with E-state index in [-0.39, 0.29) is 0 Å². The molecule has 0 spiro atoms. The van der Waals surface area contributed by atoms with E-state index in [1.165, 1.54) is 0 Å². The second-order valence-corrected chi connectivity index (χ2v) is 7.37. The Labute approximate surface area is 173 Å². The molecule has 150 valence electrons. The molecule has 5 rings (SSSR count). The van der Waals surface area contributed by atoms with Crippen LogP contribution in [0.5, 0.6) is 5.75 Å². The molecule has 0 bridgehead atoms. The number of carbonyl (C=O) groups is 1. The highest BCUT2D eigenvalue weighted by atomic mass is 16.5. The highest BCUT2D eigenvalue weighted by Gasteiger charge is 2.18. The van der Waals surface area contributed by atoms with Gasteiger partial charge in [0, 0.05) is 48.0 Å². The van der Waals surface area contributed by atoms with E-state index >= 15 is 0 Å². The molecule has 30 heavy (non-hydrogen) atoms. The van der Waals surface area contributed by atoms with E-state index in [0.29, 0.717) is 12.2 Å². The van der Waals surface area contributed by atoms with Crippen molar-refractivity contribution >= 4 is 16.9 Å². The van der Waals surface area contributed by atoms with Gasteiger partial charge < -0.3 is 19.7 Å². The van der Waals surface area contributed by atoms with Crippen molar-refractivity contribution in [3.8, 4) is 17.0 Å². The summed E-state index contributed by atoms with van der Waals surface area (Å²) in [5, 5.41) is 13.9. The number of carboxylic acids is 1. The van der Waals surface area contributed by atoms with Gasteiger partial charge in [-0.2, -0.15) is 0 Å². The Bertz CT molecular complexity index is 1230. The molecular formula is C24H21N3O3. The van der Waals surface area contributed by atoms with E-state index in [1.54, 1.807) is 18.3 Å². The minimum Gasteiger partial charge on any atom is -0.487 e. The predicted octanol–water partition coefficient (Wildman–Crippen LogP) is 4.08. The first-order chi connectivity index (χ1) is 14.7. The second-order valence-electron chi connectivity index (χ2n) is 7.37. The predicted molar refractivity (Wildman–Crippen MR) is 115 cm³/mol. The smallest absolute Gasteiger partial charge is 0.335 e. The summed E-state index contributed by atoms with van der Waals surface area (Å²) < 4.78 is 8.15. The van der Waals surface area contributed by atoms with Gasteiger partial charge in [0.1, 0.15) is 12.4 Å². The molecule has 0 aliphatic carbocycles. The molecule has 3 heterocycles. The van der Waals surface area contributed by atoms with E-state index in [0.717, 1.165) is 58.8 Å². The van der Waals surface area contributed by atoms with Crippen molar-refractivity contribution in [1.29, 1.82) is 0 Å². The van der Waals surface area contributed by atoms with E-state index in [1.807, 2.05) is 30.3 Å². The van der Waals surface area contributed by atoms with Gasteiger partial charge in [-0.25, -0.2) is 4.79 Å². The van der Waals surface area contributed by atoms with Crippen LogP contribution >= 0.6 is 0 Å². The van der Waals surface area contributed by atoms with Gasteiger partial charge in [0.2, 0.25) is 0 Å². The number of aromatic carboxylic acids is 1. The first-order valence-corrected chi connectivity index (χ1v) is 9.92. The number of nitrogens with one attached hydrogen (secondary N) is 1. The third kappa shape index (κ3) is 3.42. The Morgan fingerprint density at radius 3 is 2.90 bits per heavy atom. The Morgan fingerprint density at radius 2 is 2.07 bits per heavy atom. The van der Waals surface area contributed by atoms with Crippen LogP contribution < -0.4 is 10.1 Å². The Hall–Kier alpha value is -3.64. The number of pyridine rings is 1. The van der Waals surface area contributed by atoms with Crippen LogP contribution in [0.25, 0.3) is 22.2 Å². The molecule has 2 aromatic heterocycles. The fourth-order valence-electron chi connectivity index (χ4n) is 3.96. The van der Waals surface area contributed by atoms with Crippen LogP contribution in [0, 0.1) is 0 Å². The number of benzene rings is 2. The lowest BCUT2D eigenvalue weighted by atomic mass is 10.0. The number of fused-ring (bicyclic) bond motifs is 5. The standard InChI is InChI=1S/C24H21N3O3/c28-24(29)17-5-4-16-12-23-21-7-6-20(30-15-19-3-1-2-8-26-19)11-18(21)14-25-9-10-27(23)22(16)13-17/h1-8,11-13,25H,9-10,14-15H2,(H,28,29). The number of hydrogen-bond acceptors (Lipinski definition) is 4. The van der Waals surface area contributed by atoms with Crippen LogP contribution in [0.3, 0.4) is 0 Å². The van der Waals surface area contributed by atoms with Crippen molar-refractivity contribution in [3.05, 3.63) is 83.7 Å². The summed E-state index contributed by atoms with van der Waals surface area (Å²) in [7, 11) is 0. The number of nitrogens with zero attached hydrogens (tertiary/aromatic N) is 2. The van der Waals surface area contributed by atoms with Crippen molar-refractivity contribution in [1.82, 2.24) is 14.9 Å². The third-order valence-corrected chi connectivity index (χ3v) is 5.44. The average molecular weight is 399 g/mol. The molecule has 4 aromatic rings. The molecule has 1 aliphatic heterocycles. The summed E-state index contributed by atoms with van der Waals surface area (Å²) in [5.41, 5.74) is 5.50. The van der Waals surface area contributed by atoms with Gasteiger partial charge >= 0.3 is 5.97 Å². The first kappa shape index (κ1) is 18.4. The SMILES string of the molecule is O=C(O)c1ccc2cc3n(c2c1)CCNCc1cc(OCc2ccccn2)ccc1-3. The molecule has 0 saturated carbocycles. The van der Waals surface area contributed by atoms with Gasteiger partial charge in [-0.1, -0.05) is 12.1 Å².